The zero-order valence-corrected chi connectivity index (χ0v) is 23.5. The van der Waals surface area contributed by atoms with Gasteiger partial charge in [-0.25, -0.2) is 9.37 Å². The van der Waals surface area contributed by atoms with Gasteiger partial charge in [0.2, 0.25) is 0 Å². The number of halogens is 2. The van der Waals surface area contributed by atoms with E-state index in [0.717, 1.165) is 16.7 Å². The van der Waals surface area contributed by atoms with Crippen molar-refractivity contribution in [2.45, 2.75) is 30.5 Å². The van der Waals surface area contributed by atoms with E-state index in [1.54, 1.807) is 14.0 Å². The topological polar surface area (TPSA) is 94.3 Å². The lowest BCUT2D eigenvalue weighted by Gasteiger charge is -2.37. The van der Waals surface area contributed by atoms with Crippen molar-refractivity contribution in [3.63, 3.8) is 0 Å². The third-order valence-corrected chi connectivity index (χ3v) is 8.21. The number of aliphatic hydroxyl groups excluding tert-OH is 1. The average molecular weight is 582 g/mol. The zero-order valence-electron chi connectivity index (χ0n) is 23.5. The summed E-state index contributed by atoms with van der Waals surface area (Å²) in [5, 5.41) is 13.5. The summed E-state index contributed by atoms with van der Waals surface area (Å²) in [6.45, 7) is 0.980. The summed E-state index contributed by atoms with van der Waals surface area (Å²) in [6, 6.07) is 26.9. The van der Waals surface area contributed by atoms with E-state index in [1.807, 2.05) is 84.9 Å². The van der Waals surface area contributed by atoms with Crippen LogP contribution in [0.3, 0.4) is 0 Å². The predicted molar refractivity (Wildman–Crippen MR) is 157 cm³/mol. The first-order valence-electron chi connectivity index (χ1n) is 13.7. The number of aliphatic hydroxyl groups is 1. The van der Waals surface area contributed by atoms with Crippen LogP contribution in [0.2, 0.25) is 0 Å². The molecule has 0 bridgehead atoms. The molecule has 0 spiro atoms. The molecule has 1 fully saturated rings. The van der Waals surface area contributed by atoms with Gasteiger partial charge >= 0.3 is 6.08 Å². The molecule has 4 atom stereocenters. The van der Waals surface area contributed by atoms with Crippen LogP contribution in [0.15, 0.2) is 91.3 Å². The molecule has 0 saturated carbocycles. The number of methoxy groups -OCH3 is 1. The number of rotatable bonds is 8. The Labute approximate surface area is 247 Å². The molecule has 2 aromatic heterocycles. The molecule has 10 heteroatoms. The molecule has 8 nitrogen and oxygen atoms in total. The maximum atomic E-state index is 15.6. The summed E-state index contributed by atoms with van der Waals surface area (Å²) < 4.78 is 43.4. The maximum Gasteiger partial charge on any atom is 0.312 e. The molecule has 6 rings (SSSR count). The minimum Gasteiger partial charge on any atom is -0.497 e. The van der Waals surface area contributed by atoms with Crippen LogP contribution in [-0.2, 0) is 10.3 Å². The van der Waals surface area contributed by atoms with Crippen LogP contribution >= 0.6 is 0 Å². The van der Waals surface area contributed by atoms with Gasteiger partial charge in [0.15, 0.2) is 35.0 Å². The molecule has 1 saturated heterocycles. The van der Waals surface area contributed by atoms with Crippen molar-refractivity contribution in [3.8, 4) is 18.1 Å². The number of alkyl halides is 1. The smallest absolute Gasteiger partial charge is 0.312 e. The van der Waals surface area contributed by atoms with Crippen LogP contribution < -0.4 is 10.1 Å². The molecule has 0 amide bonds. The Morgan fingerprint density at radius 1 is 1.02 bits per heavy atom. The fraction of sp³-hybridized carbons (Fsp3) is 0.242. The Hall–Kier alpha value is -4.85. The van der Waals surface area contributed by atoms with Crippen molar-refractivity contribution >= 4 is 17.0 Å². The van der Waals surface area contributed by atoms with Gasteiger partial charge in [-0.3, -0.25) is 4.57 Å². The standard InChI is InChI=1S/C33H29F2N5O3/c1-4-32(19-41)21(2)26(34)30(43-32)40-20-36-27-28(37-31(35)38-29(27)40)39-33(22-11-7-5-8-12-22,23-13-9-6-10-14-23)24-15-17-25(42-3)18-16-24/h1,5-18,20-21,26,30,41H,19H2,2-3H3,(H,37,38,39)/t21-,26-,30+,32+/m0/s1. The second kappa shape index (κ2) is 11.1. The van der Waals surface area contributed by atoms with Gasteiger partial charge in [0.25, 0.3) is 0 Å². The van der Waals surface area contributed by atoms with E-state index < -0.39 is 42.1 Å². The number of ether oxygens (including phenoxy) is 2. The van der Waals surface area contributed by atoms with Crippen molar-refractivity contribution < 1.29 is 23.4 Å². The van der Waals surface area contributed by atoms with E-state index in [9.17, 15) is 5.11 Å². The molecule has 43 heavy (non-hydrogen) atoms. The first-order chi connectivity index (χ1) is 20.9. The number of nitrogens with one attached hydrogen (secondary N) is 1. The SMILES string of the molecule is C#C[C@]1(CO)O[C@@H](n2cnc3c(NC(c4ccccc4)(c4ccccc4)c4ccc(OC)cc4)nc(F)nc32)[C@@H](F)[C@@H]1C. The van der Waals surface area contributed by atoms with Crippen molar-refractivity contribution in [2.75, 3.05) is 19.0 Å². The molecule has 218 valence electrons. The Morgan fingerprint density at radius 2 is 1.63 bits per heavy atom. The van der Waals surface area contributed by atoms with Gasteiger partial charge in [-0.1, -0.05) is 85.6 Å². The minimum atomic E-state index is -1.62. The molecular formula is C33H29F2N5O3. The van der Waals surface area contributed by atoms with E-state index in [4.69, 9.17) is 15.9 Å². The van der Waals surface area contributed by atoms with Crippen molar-refractivity contribution in [3.05, 3.63) is 114 Å². The normalized spacial score (nSPS) is 21.9. The lowest BCUT2D eigenvalue weighted by atomic mass is 9.77. The first-order valence-corrected chi connectivity index (χ1v) is 13.7. The lowest BCUT2D eigenvalue weighted by molar-refractivity contribution is -0.0768. The third kappa shape index (κ3) is 4.58. The summed E-state index contributed by atoms with van der Waals surface area (Å²) in [5.41, 5.74) is 0.0753. The lowest BCUT2D eigenvalue weighted by Crippen LogP contribution is -2.38. The molecule has 2 N–H and O–H groups in total. The highest BCUT2D eigenvalue weighted by atomic mass is 19.1. The van der Waals surface area contributed by atoms with Gasteiger partial charge in [0.05, 0.1) is 20.0 Å². The predicted octanol–water partition coefficient (Wildman–Crippen LogP) is 5.25. The van der Waals surface area contributed by atoms with Crippen LogP contribution in [0, 0.1) is 24.3 Å². The number of aromatic nitrogens is 4. The van der Waals surface area contributed by atoms with Crippen LogP contribution in [0.25, 0.3) is 11.2 Å². The largest absolute Gasteiger partial charge is 0.497 e. The van der Waals surface area contributed by atoms with Gasteiger partial charge in [-0.2, -0.15) is 14.4 Å². The summed E-state index contributed by atoms with van der Waals surface area (Å²) >= 11 is 0. The van der Waals surface area contributed by atoms with E-state index >= 15 is 8.78 Å². The van der Waals surface area contributed by atoms with Gasteiger partial charge in [0.1, 0.15) is 11.3 Å². The molecule has 1 aliphatic rings. The quantitative estimate of drug-likeness (QED) is 0.147. The molecule has 0 aliphatic carbocycles. The zero-order chi connectivity index (χ0) is 30.2. The molecule has 3 aromatic carbocycles. The Bertz CT molecular complexity index is 1740. The molecule has 0 unspecified atom stereocenters. The number of imidazole rings is 1. The number of nitrogens with zero attached hydrogens (tertiary/aromatic N) is 4. The number of hydrogen-bond donors (Lipinski definition) is 2. The first kappa shape index (κ1) is 28.3. The average Bonchev–Trinajstić information content (AvgIpc) is 3.58. The van der Waals surface area contributed by atoms with Gasteiger partial charge in [-0.05, 0) is 28.8 Å². The van der Waals surface area contributed by atoms with Crippen molar-refractivity contribution in [2.24, 2.45) is 5.92 Å². The molecule has 5 aromatic rings. The van der Waals surface area contributed by atoms with Gasteiger partial charge in [-0.15, -0.1) is 6.42 Å². The van der Waals surface area contributed by atoms with Crippen LogP contribution in [0.1, 0.15) is 29.8 Å². The minimum absolute atomic E-state index is 0.00497. The highest BCUT2D eigenvalue weighted by Gasteiger charge is 2.53. The monoisotopic (exact) mass is 581 g/mol. The fourth-order valence-electron chi connectivity index (χ4n) is 5.77. The number of benzene rings is 3. The highest BCUT2D eigenvalue weighted by molar-refractivity contribution is 5.84. The Kier molecular flexibility index (Phi) is 7.30. The molecular weight excluding hydrogens is 552 g/mol. The number of hydrogen-bond acceptors (Lipinski definition) is 7. The van der Waals surface area contributed by atoms with Crippen molar-refractivity contribution in [1.82, 2.24) is 19.5 Å². The molecule has 1 aliphatic heterocycles. The molecule has 0 radical (unpaired) electrons. The fourth-order valence-corrected chi connectivity index (χ4v) is 5.77. The summed E-state index contributed by atoms with van der Waals surface area (Å²) in [5.74, 6) is 2.30. The second-order valence-electron chi connectivity index (χ2n) is 10.4. The number of fused-ring (bicyclic) bond motifs is 1. The summed E-state index contributed by atoms with van der Waals surface area (Å²) in [7, 11) is 1.59. The number of terminal acetylenes is 1. The van der Waals surface area contributed by atoms with Crippen LogP contribution in [0.4, 0.5) is 14.6 Å². The van der Waals surface area contributed by atoms with Gasteiger partial charge in [0, 0.05) is 5.92 Å². The van der Waals surface area contributed by atoms with E-state index in [2.05, 4.69) is 26.2 Å². The van der Waals surface area contributed by atoms with Crippen LogP contribution in [-0.4, -0.2) is 50.1 Å². The van der Waals surface area contributed by atoms with Crippen molar-refractivity contribution in [1.29, 1.82) is 0 Å². The Balaban J connectivity index is 1.55. The molecule has 3 heterocycles. The van der Waals surface area contributed by atoms with E-state index in [0.29, 0.717) is 5.75 Å². The van der Waals surface area contributed by atoms with Gasteiger partial charge < -0.3 is 19.9 Å². The second-order valence-corrected chi connectivity index (χ2v) is 10.4. The van der Waals surface area contributed by atoms with E-state index in [1.165, 1.54) is 10.9 Å². The summed E-state index contributed by atoms with van der Waals surface area (Å²) in [4.78, 5) is 12.6. The Morgan fingerprint density at radius 3 is 2.16 bits per heavy atom. The summed E-state index contributed by atoms with van der Waals surface area (Å²) in [6.07, 6.45) is 2.99. The number of anilines is 1. The maximum absolute atomic E-state index is 15.6. The van der Waals surface area contributed by atoms with Crippen LogP contribution in [0.5, 0.6) is 5.75 Å². The van der Waals surface area contributed by atoms with E-state index in [-0.39, 0.29) is 17.0 Å². The highest BCUT2D eigenvalue weighted by Crippen LogP contribution is 2.45. The third-order valence-electron chi connectivity index (χ3n) is 8.21.